The number of nitrogens with zero attached hydrogens (tertiary/aromatic N) is 2. The molecule has 0 saturated carbocycles. The van der Waals surface area contributed by atoms with Crippen molar-refractivity contribution in [2.24, 2.45) is 0 Å². The minimum absolute atomic E-state index is 0.184. The van der Waals surface area contributed by atoms with Crippen molar-refractivity contribution in [3.8, 4) is 11.8 Å². The van der Waals surface area contributed by atoms with Gasteiger partial charge in [0.1, 0.15) is 11.6 Å². The molecule has 3 rings (SSSR count). The highest BCUT2D eigenvalue weighted by atomic mass is 16.6. The zero-order chi connectivity index (χ0) is 26.3. The van der Waals surface area contributed by atoms with E-state index in [9.17, 15) is 19.2 Å². The van der Waals surface area contributed by atoms with Gasteiger partial charge in [0, 0.05) is 55.8 Å². The van der Waals surface area contributed by atoms with Crippen LogP contribution in [-0.2, 0) is 20.9 Å². The summed E-state index contributed by atoms with van der Waals surface area (Å²) in [5.74, 6) is 5.13. The average Bonchev–Trinajstić information content (AvgIpc) is 3.13. The fourth-order valence-electron chi connectivity index (χ4n) is 4.47. The van der Waals surface area contributed by atoms with Crippen LogP contribution in [0.1, 0.15) is 75.7 Å². The summed E-state index contributed by atoms with van der Waals surface area (Å²) in [5, 5.41) is 5.14. The molecule has 0 bridgehead atoms. The summed E-state index contributed by atoms with van der Waals surface area (Å²) in [6, 6.07) is 5.01. The summed E-state index contributed by atoms with van der Waals surface area (Å²) in [4.78, 5) is 52.8. The Balaban J connectivity index is 1.67. The molecule has 1 saturated heterocycles. The van der Waals surface area contributed by atoms with Crippen LogP contribution < -0.4 is 15.5 Å². The molecule has 1 aromatic rings. The van der Waals surface area contributed by atoms with Gasteiger partial charge in [0.2, 0.25) is 11.8 Å². The van der Waals surface area contributed by atoms with E-state index in [1.807, 2.05) is 39.8 Å². The quantitative estimate of drug-likeness (QED) is 0.309. The zero-order valence-electron chi connectivity index (χ0n) is 21.6. The summed E-state index contributed by atoms with van der Waals surface area (Å²) < 4.78 is 5.27. The third kappa shape index (κ3) is 7.00. The molecular weight excluding hydrogens is 460 g/mol. The first-order valence-electron chi connectivity index (χ1n) is 12.5. The van der Waals surface area contributed by atoms with Crippen molar-refractivity contribution < 1.29 is 23.9 Å². The van der Waals surface area contributed by atoms with E-state index >= 15 is 0 Å². The number of hydrogen-bond acceptors (Lipinski definition) is 6. The molecule has 194 valence electrons. The van der Waals surface area contributed by atoms with E-state index in [1.54, 1.807) is 11.0 Å². The molecule has 2 aliphatic heterocycles. The van der Waals surface area contributed by atoms with Gasteiger partial charge in [0.25, 0.3) is 5.91 Å². The topological polar surface area (TPSA) is 108 Å². The highest BCUT2D eigenvalue weighted by molar-refractivity contribution is 6.06. The minimum atomic E-state index is -0.645. The lowest BCUT2D eigenvalue weighted by Gasteiger charge is -2.30. The molecule has 1 atom stereocenters. The number of anilines is 1. The third-order valence-electron chi connectivity index (χ3n) is 6.10. The van der Waals surface area contributed by atoms with Crippen LogP contribution in [0, 0.1) is 11.8 Å². The van der Waals surface area contributed by atoms with Gasteiger partial charge in [-0.15, -0.1) is 11.8 Å². The SMILES string of the molecule is CC#CCCN(CCCCNC(=O)OC(C)(C)C)c1cccc2c1CN(C1CCC(=O)NC1=O)C2=O. The van der Waals surface area contributed by atoms with Crippen molar-refractivity contribution in [2.45, 2.75) is 78.0 Å². The van der Waals surface area contributed by atoms with Gasteiger partial charge >= 0.3 is 6.09 Å². The first-order valence-corrected chi connectivity index (χ1v) is 12.5. The van der Waals surface area contributed by atoms with Gasteiger partial charge in [-0.3, -0.25) is 19.7 Å². The molecule has 0 spiro atoms. The Morgan fingerprint density at radius 2 is 2.00 bits per heavy atom. The summed E-state index contributed by atoms with van der Waals surface area (Å²) >= 11 is 0. The molecule has 36 heavy (non-hydrogen) atoms. The van der Waals surface area contributed by atoms with Crippen LogP contribution in [0.4, 0.5) is 10.5 Å². The van der Waals surface area contributed by atoms with Crippen LogP contribution >= 0.6 is 0 Å². The van der Waals surface area contributed by atoms with E-state index in [1.165, 1.54) is 0 Å². The van der Waals surface area contributed by atoms with Gasteiger partial charge in [-0.25, -0.2) is 4.79 Å². The average molecular weight is 497 g/mol. The number of imide groups is 1. The fourth-order valence-corrected chi connectivity index (χ4v) is 4.47. The first kappa shape index (κ1) is 27.1. The largest absolute Gasteiger partial charge is 0.444 e. The molecule has 1 aromatic carbocycles. The lowest BCUT2D eigenvalue weighted by Crippen LogP contribution is -2.52. The Morgan fingerprint density at radius 1 is 1.22 bits per heavy atom. The molecule has 1 fully saturated rings. The highest BCUT2D eigenvalue weighted by Crippen LogP contribution is 2.34. The van der Waals surface area contributed by atoms with E-state index in [-0.39, 0.29) is 18.2 Å². The van der Waals surface area contributed by atoms with Gasteiger partial charge in [-0.1, -0.05) is 6.07 Å². The molecule has 1 unspecified atom stereocenters. The van der Waals surface area contributed by atoms with E-state index in [2.05, 4.69) is 27.4 Å². The number of carbonyl (C=O) groups excluding carboxylic acids is 4. The number of fused-ring (bicyclic) bond motifs is 1. The Hall–Kier alpha value is -3.54. The Bertz CT molecular complexity index is 1070. The third-order valence-corrected chi connectivity index (χ3v) is 6.10. The molecule has 0 radical (unpaired) electrons. The van der Waals surface area contributed by atoms with Crippen molar-refractivity contribution in [1.29, 1.82) is 0 Å². The minimum Gasteiger partial charge on any atom is -0.444 e. The number of ether oxygens (including phenoxy) is 1. The maximum absolute atomic E-state index is 13.2. The van der Waals surface area contributed by atoms with Crippen molar-refractivity contribution in [3.05, 3.63) is 29.3 Å². The zero-order valence-corrected chi connectivity index (χ0v) is 21.6. The van der Waals surface area contributed by atoms with Crippen LogP contribution in [0.25, 0.3) is 0 Å². The van der Waals surface area contributed by atoms with Crippen LogP contribution in [0.3, 0.4) is 0 Å². The van der Waals surface area contributed by atoms with Gasteiger partial charge in [-0.2, -0.15) is 0 Å². The van der Waals surface area contributed by atoms with Crippen LogP contribution in [0.5, 0.6) is 0 Å². The normalized spacial score (nSPS) is 17.2. The molecule has 0 aromatic heterocycles. The molecular formula is C27H36N4O5. The van der Waals surface area contributed by atoms with Gasteiger partial charge < -0.3 is 19.9 Å². The number of unbranched alkanes of at least 4 members (excludes halogenated alkanes) is 1. The summed E-state index contributed by atoms with van der Waals surface area (Å²) in [6.45, 7) is 9.55. The van der Waals surface area contributed by atoms with Gasteiger partial charge in [0.15, 0.2) is 0 Å². The number of amides is 4. The smallest absolute Gasteiger partial charge is 0.407 e. The van der Waals surface area contributed by atoms with Crippen LogP contribution in [0.15, 0.2) is 18.2 Å². The summed E-state index contributed by atoms with van der Waals surface area (Å²) in [5.41, 5.74) is 1.90. The van der Waals surface area contributed by atoms with E-state index in [0.29, 0.717) is 38.0 Å². The van der Waals surface area contributed by atoms with Crippen molar-refractivity contribution >= 4 is 29.5 Å². The standard InChI is InChI=1S/C27H36N4O5/c1-5-6-8-16-30(17-9-7-15-28-26(35)36-27(2,3)4)21-12-10-11-19-20(21)18-31(25(19)34)22-13-14-23(32)29-24(22)33/h10-12,22H,7-9,13-18H2,1-4H3,(H,28,35)(H,29,32,33). The van der Waals surface area contributed by atoms with Crippen molar-refractivity contribution in [3.63, 3.8) is 0 Å². The molecule has 0 aliphatic carbocycles. The van der Waals surface area contributed by atoms with Gasteiger partial charge in [-0.05, 0) is 59.1 Å². The van der Waals surface area contributed by atoms with Crippen LogP contribution in [-0.4, -0.2) is 60.0 Å². The Morgan fingerprint density at radius 3 is 2.69 bits per heavy atom. The Kier molecular flexibility index (Phi) is 8.97. The van der Waals surface area contributed by atoms with E-state index in [0.717, 1.165) is 30.6 Å². The molecule has 2 aliphatic rings. The first-order chi connectivity index (χ1) is 17.1. The second-order valence-corrected chi connectivity index (χ2v) is 10.0. The number of benzene rings is 1. The predicted octanol–water partition coefficient (Wildman–Crippen LogP) is 2.97. The number of carbonyl (C=O) groups is 4. The maximum Gasteiger partial charge on any atom is 0.407 e. The highest BCUT2D eigenvalue weighted by Gasteiger charge is 2.40. The van der Waals surface area contributed by atoms with Crippen molar-refractivity contribution in [2.75, 3.05) is 24.5 Å². The molecule has 4 amide bonds. The predicted molar refractivity (Wildman–Crippen MR) is 136 cm³/mol. The number of hydrogen-bond donors (Lipinski definition) is 2. The summed E-state index contributed by atoms with van der Waals surface area (Å²) in [7, 11) is 0. The van der Waals surface area contributed by atoms with E-state index in [4.69, 9.17) is 4.74 Å². The molecule has 9 heteroatoms. The van der Waals surface area contributed by atoms with E-state index < -0.39 is 23.6 Å². The van der Waals surface area contributed by atoms with Crippen molar-refractivity contribution in [1.82, 2.24) is 15.5 Å². The molecule has 2 heterocycles. The van der Waals surface area contributed by atoms with Crippen LogP contribution in [0.2, 0.25) is 0 Å². The number of alkyl carbamates (subject to hydrolysis) is 1. The lowest BCUT2D eigenvalue weighted by atomic mass is 10.0. The number of piperidine rings is 1. The second kappa shape index (κ2) is 11.9. The van der Waals surface area contributed by atoms with Gasteiger partial charge in [0.05, 0.1) is 0 Å². The number of nitrogens with one attached hydrogen (secondary N) is 2. The fraction of sp³-hybridized carbons (Fsp3) is 0.556. The second-order valence-electron chi connectivity index (χ2n) is 10.0. The Labute approximate surface area is 212 Å². The maximum atomic E-state index is 13.2. The molecule has 9 nitrogen and oxygen atoms in total. The number of rotatable bonds is 9. The molecule has 2 N–H and O–H groups in total. The lowest BCUT2D eigenvalue weighted by molar-refractivity contribution is -0.136. The summed E-state index contributed by atoms with van der Waals surface area (Å²) in [6.07, 6.45) is 2.41. The monoisotopic (exact) mass is 496 g/mol.